The fraction of sp³-hybridized carbons (Fsp3) is 0.828. The van der Waals surface area contributed by atoms with E-state index in [2.05, 4.69) is 39.2 Å². The molecule has 0 spiro atoms. The molecule has 1 heterocycles. The molecule has 0 aromatic heterocycles. The second-order valence-electron chi connectivity index (χ2n) is 11.7. The summed E-state index contributed by atoms with van der Waals surface area (Å²) in [7, 11) is 0. The number of amides is 1. The first-order valence-corrected chi connectivity index (χ1v) is 13.9. The lowest BCUT2D eigenvalue weighted by Gasteiger charge is -2.35. The van der Waals surface area contributed by atoms with Crippen LogP contribution >= 0.6 is 0 Å². The molecule has 5 unspecified atom stereocenters. The van der Waals surface area contributed by atoms with Crippen molar-refractivity contribution in [3.63, 3.8) is 0 Å². The quantitative estimate of drug-likeness (QED) is 0.408. The monoisotopic (exact) mass is 487 g/mol. The van der Waals surface area contributed by atoms with Crippen LogP contribution in [0.2, 0.25) is 0 Å². The summed E-state index contributed by atoms with van der Waals surface area (Å²) in [6, 6.07) is 0. The van der Waals surface area contributed by atoms with Gasteiger partial charge in [0.2, 0.25) is 5.91 Å². The number of ketones is 1. The summed E-state index contributed by atoms with van der Waals surface area (Å²) < 4.78 is 6.20. The van der Waals surface area contributed by atoms with Crippen LogP contribution in [-0.2, 0) is 14.3 Å². The Labute approximate surface area is 213 Å². The third-order valence-electron chi connectivity index (χ3n) is 8.29. The number of ether oxygens (including phenoxy) is 1. The largest absolute Gasteiger partial charge is 0.497 e. The molecule has 1 saturated heterocycles. The normalized spacial score (nSPS) is 31.1. The molecule has 3 fully saturated rings. The molecule has 4 rings (SSSR count). The Kier molecular flexibility index (Phi) is 11.8. The SMILES string of the molecule is C#N.CCCC(=O)CC12CC(=C(OCCN3CCC(C(N)=O)C3)C1)CC(C)C2.CCCC1CC1C. The highest BCUT2D eigenvalue weighted by Crippen LogP contribution is 2.55. The van der Waals surface area contributed by atoms with Gasteiger partial charge in [0.15, 0.2) is 0 Å². The standard InChI is InChI=1S/C21H34N2O3.C7H14.CHN/c1-3-4-18(24)12-21-10-15(2)9-17(11-21)19(13-21)26-8-7-23-6-5-16(14-23)20(22)25;1-3-4-7-5-6(7)2;1-2/h15-16H,3-14H2,1-2H3,(H2,22,25);6-7H,3-5H2,1-2H3;1H. The second kappa shape index (κ2) is 14.0. The third-order valence-corrected chi connectivity index (χ3v) is 8.29. The van der Waals surface area contributed by atoms with Crippen LogP contribution < -0.4 is 5.73 Å². The lowest BCUT2D eigenvalue weighted by Crippen LogP contribution is -2.29. The van der Waals surface area contributed by atoms with E-state index in [1.807, 2.05) is 0 Å². The van der Waals surface area contributed by atoms with Gasteiger partial charge in [0, 0.05) is 38.9 Å². The highest BCUT2D eigenvalue weighted by atomic mass is 16.5. The molecule has 5 atom stereocenters. The van der Waals surface area contributed by atoms with Gasteiger partial charge in [0.05, 0.1) is 11.7 Å². The minimum atomic E-state index is -0.185. The molecule has 35 heavy (non-hydrogen) atoms. The van der Waals surface area contributed by atoms with E-state index in [0.29, 0.717) is 31.1 Å². The third kappa shape index (κ3) is 8.94. The van der Waals surface area contributed by atoms with Gasteiger partial charge in [-0.15, -0.1) is 0 Å². The zero-order valence-electron chi connectivity index (χ0n) is 22.7. The van der Waals surface area contributed by atoms with Crippen molar-refractivity contribution < 1.29 is 14.3 Å². The van der Waals surface area contributed by atoms with Crippen molar-refractivity contribution in [2.24, 2.45) is 34.8 Å². The number of allylic oxidation sites excluding steroid dienone is 2. The van der Waals surface area contributed by atoms with Crippen LogP contribution in [0, 0.1) is 40.9 Å². The summed E-state index contributed by atoms with van der Waals surface area (Å²) in [5.41, 5.74) is 6.98. The van der Waals surface area contributed by atoms with Gasteiger partial charge in [0.1, 0.15) is 12.4 Å². The second-order valence-corrected chi connectivity index (χ2v) is 11.7. The number of hydrogen-bond donors (Lipinski definition) is 1. The number of Topliss-reactive ketones (excluding diaryl/α,β-unsaturated/α-hetero) is 1. The Morgan fingerprint density at radius 1 is 1.20 bits per heavy atom. The van der Waals surface area contributed by atoms with E-state index < -0.39 is 0 Å². The van der Waals surface area contributed by atoms with Crippen molar-refractivity contribution in [2.75, 3.05) is 26.2 Å². The molecule has 2 N–H and O–H groups in total. The van der Waals surface area contributed by atoms with Gasteiger partial charge in [-0.25, -0.2) is 5.26 Å². The predicted molar refractivity (Wildman–Crippen MR) is 140 cm³/mol. The fourth-order valence-electron chi connectivity index (χ4n) is 6.52. The van der Waals surface area contributed by atoms with E-state index >= 15 is 0 Å². The molecular weight excluding hydrogens is 438 g/mol. The highest BCUT2D eigenvalue weighted by molar-refractivity contribution is 5.79. The molecule has 0 radical (unpaired) electrons. The molecule has 3 aliphatic carbocycles. The smallest absolute Gasteiger partial charge is 0.221 e. The molecule has 0 aromatic carbocycles. The zero-order chi connectivity index (χ0) is 26.0. The van der Waals surface area contributed by atoms with Gasteiger partial charge >= 0.3 is 0 Å². The number of hydrogen-bond acceptors (Lipinski definition) is 5. The summed E-state index contributed by atoms with van der Waals surface area (Å²) in [5.74, 6) is 4.21. The number of carbonyl (C=O) groups excluding carboxylic acids is 2. The van der Waals surface area contributed by atoms with E-state index in [9.17, 15) is 9.59 Å². The van der Waals surface area contributed by atoms with Crippen molar-refractivity contribution in [3.8, 4) is 6.57 Å². The number of nitrogens with two attached hydrogens (primary N) is 1. The molecule has 2 bridgehead atoms. The maximum atomic E-state index is 12.3. The fourth-order valence-corrected chi connectivity index (χ4v) is 6.52. The number of fused-ring (bicyclic) bond motifs is 2. The van der Waals surface area contributed by atoms with Crippen LogP contribution in [0.15, 0.2) is 11.3 Å². The van der Waals surface area contributed by atoms with Crippen molar-refractivity contribution in [1.82, 2.24) is 4.90 Å². The molecule has 4 aliphatic rings. The molecule has 2 saturated carbocycles. The van der Waals surface area contributed by atoms with Crippen molar-refractivity contribution in [3.05, 3.63) is 11.3 Å². The van der Waals surface area contributed by atoms with Gasteiger partial charge in [0.25, 0.3) is 0 Å². The van der Waals surface area contributed by atoms with Gasteiger partial charge < -0.3 is 10.5 Å². The summed E-state index contributed by atoms with van der Waals surface area (Å²) in [6.45, 7) is 15.7. The minimum absolute atomic E-state index is 0.00332. The van der Waals surface area contributed by atoms with Crippen LogP contribution in [0.3, 0.4) is 0 Å². The number of carbonyl (C=O) groups is 2. The first-order valence-electron chi connectivity index (χ1n) is 13.9. The molecule has 6 nitrogen and oxygen atoms in total. The van der Waals surface area contributed by atoms with Crippen molar-refractivity contribution in [1.29, 1.82) is 5.26 Å². The minimum Gasteiger partial charge on any atom is -0.497 e. The lowest BCUT2D eigenvalue weighted by atomic mass is 9.68. The van der Waals surface area contributed by atoms with E-state index in [1.54, 1.807) is 0 Å². The molecule has 1 aliphatic heterocycles. The Hall–Kier alpha value is -1.87. The van der Waals surface area contributed by atoms with Crippen LogP contribution in [0.25, 0.3) is 0 Å². The zero-order valence-corrected chi connectivity index (χ0v) is 22.7. The molecule has 0 aromatic rings. The first-order chi connectivity index (χ1) is 16.7. The summed E-state index contributed by atoms with van der Waals surface area (Å²) in [4.78, 5) is 25.8. The van der Waals surface area contributed by atoms with E-state index in [1.165, 1.54) is 24.8 Å². The highest BCUT2D eigenvalue weighted by Gasteiger charge is 2.45. The molecule has 198 valence electrons. The number of rotatable bonds is 11. The Morgan fingerprint density at radius 2 is 1.91 bits per heavy atom. The van der Waals surface area contributed by atoms with Crippen LogP contribution in [-0.4, -0.2) is 42.8 Å². The van der Waals surface area contributed by atoms with Crippen molar-refractivity contribution in [2.45, 2.75) is 98.3 Å². The van der Waals surface area contributed by atoms with Crippen LogP contribution in [0.1, 0.15) is 98.3 Å². The van der Waals surface area contributed by atoms with Gasteiger partial charge in [-0.3, -0.25) is 14.5 Å². The maximum absolute atomic E-state index is 12.3. The molecule has 6 heteroatoms. The van der Waals surface area contributed by atoms with Crippen LogP contribution in [0.5, 0.6) is 0 Å². The summed E-state index contributed by atoms with van der Waals surface area (Å²) >= 11 is 0. The van der Waals surface area contributed by atoms with Gasteiger partial charge in [-0.2, -0.15) is 0 Å². The lowest BCUT2D eigenvalue weighted by molar-refractivity contribution is -0.122. The Bertz CT molecular complexity index is 762. The van der Waals surface area contributed by atoms with E-state index in [0.717, 1.165) is 75.8 Å². The maximum Gasteiger partial charge on any atom is 0.221 e. The average Bonchev–Trinajstić information content (AvgIpc) is 3.19. The average molecular weight is 488 g/mol. The number of nitriles is 1. The van der Waals surface area contributed by atoms with Gasteiger partial charge in [-0.05, 0) is 73.8 Å². The Morgan fingerprint density at radius 3 is 2.46 bits per heavy atom. The van der Waals surface area contributed by atoms with Gasteiger partial charge in [-0.1, -0.05) is 40.5 Å². The number of likely N-dealkylation sites (tertiary alicyclic amines) is 1. The number of primary amides is 1. The number of nitrogens with zero attached hydrogens (tertiary/aromatic N) is 2. The molecule has 1 amide bonds. The van der Waals surface area contributed by atoms with E-state index in [-0.39, 0.29) is 17.2 Å². The Balaban J connectivity index is 0.000000407. The van der Waals surface area contributed by atoms with Crippen LogP contribution in [0.4, 0.5) is 0 Å². The summed E-state index contributed by atoms with van der Waals surface area (Å²) in [6.07, 6.45) is 11.8. The summed E-state index contributed by atoms with van der Waals surface area (Å²) in [5, 5.41) is 6.50. The topological polar surface area (TPSA) is 96.4 Å². The predicted octanol–water partition coefficient (Wildman–Crippen LogP) is 5.62. The molecular formula is C29H49N3O3. The first kappa shape index (κ1) is 29.4. The van der Waals surface area contributed by atoms with E-state index in [4.69, 9.17) is 15.7 Å². The van der Waals surface area contributed by atoms with Crippen molar-refractivity contribution >= 4 is 11.7 Å².